The zero-order chi connectivity index (χ0) is 9.97. The standard InChI is InChI=1S/C10H10O4/c11-9(7-3-1-5-13-7)10(12)8-4-2-6-14-8/h1,3,5,8H,2,4,6H2. The van der Waals surface area contributed by atoms with Gasteiger partial charge in [0.05, 0.1) is 6.26 Å². The second-order valence-corrected chi connectivity index (χ2v) is 3.17. The van der Waals surface area contributed by atoms with E-state index in [9.17, 15) is 9.59 Å². The Hall–Kier alpha value is -1.42. The first kappa shape index (κ1) is 9.15. The zero-order valence-corrected chi connectivity index (χ0v) is 7.56. The van der Waals surface area contributed by atoms with Gasteiger partial charge in [-0.05, 0) is 25.0 Å². The van der Waals surface area contributed by atoms with E-state index < -0.39 is 17.7 Å². The number of ether oxygens (including phenoxy) is 1. The highest BCUT2D eigenvalue weighted by Gasteiger charge is 2.30. The summed E-state index contributed by atoms with van der Waals surface area (Å²) >= 11 is 0. The van der Waals surface area contributed by atoms with Crippen molar-refractivity contribution in [2.24, 2.45) is 0 Å². The molecule has 2 heterocycles. The van der Waals surface area contributed by atoms with E-state index in [1.807, 2.05) is 0 Å². The number of furan rings is 1. The molecule has 0 bridgehead atoms. The van der Waals surface area contributed by atoms with Gasteiger partial charge in [0.2, 0.25) is 5.78 Å². The molecule has 1 aromatic heterocycles. The fourth-order valence-electron chi connectivity index (χ4n) is 1.46. The van der Waals surface area contributed by atoms with Crippen molar-refractivity contribution in [1.82, 2.24) is 0 Å². The molecule has 0 radical (unpaired) electrons. The lowest BCUT2D eigenvalue weighted by atomic mass is 10.1. The Balaban J connectivity index is 2.08. The molecule has 0 N–H and O–H groups in total. The first-order chi connectivity index (χ1) is 6.79. The molecule has 1 saturated heterocycles. The molecular weight excluding hydrogens is 184 g/mol. The maximum atomic E-state index is 11.5. The lowest BCUT2D eigenvalue weighted by Gasteiger charge is -2.04. The van der Waals surface area contributed by atoms with Gasteiger partial charge in [-0.15, -0.1) is 0 Å². The highest BCUT2D eigenvalue weighted by molar-refractivity contribution is 6.44. The van der Waals surface area contributed by atoms with Crippen LogP contribution in [-0.2, 0) is 9.53 Å². The molecule has 1 atom stereocenters. The van der Waals surface area contributed by atoms with Crippen LogP contribution in [0.25, 0.3) is 0 Å². The minimum absolute atomic E-state index is 0.0884. The van der Waals surface area contributed by atoms with Crippen LogP contribution in [0.3, 0.4) is 0 Å². The molecule has 4 nitrogen and oxygen atoms in total. The predicted octanol–water partition coefficient (Wildman–Crippen LogP) is 1.21. The van der Waals surface area contributed by atoms with Gasteiger partial charge in [-0.3, -0.25) is 9.59 Å². The summed E-state index contributed by atoms with van der Waals surface area (Å²) in [5.41, 5.74) is 0. The second-order valence-electron chi connectivity index (χ2n) is 3.17. The first-order valence-corrected chi connectivity index (χ1v) is 4.52. The summed E-state index contributed by atoms with van der Waals surface area (Å²) in [5, 5.41) is 0. The van der Waals surface area contributed by atoms with Gasteiger partial charge in [-0.1, -0.05) is 0 Å². The maximum absolute atomic E-state index is 11.5. The summed E-state index contributed by atoms with van der Waals surface area (Å²) in [6.45, 7) is 0.557. The van der Waals surface area contributed by atoms with Crippen LogP contribution in [0.2, 0.25) is 0 Å². The molecule has 0 amide bonds. The monoisotopic (exact) mass is 194 g/mol. The van der Waals surface area contributed by atoms with E-state index in [2.05, 4.69) is 0 Å². The number of hydrogen-bond acceptors (Lipinski definition) is 4. The van der Waals surface area contributed by atoms with Crippen LogP contribution in [-0.4, -0.2) is 24.3 Å². The SMILES string of the molecule is O=C(C(=O)C1CCCO1)c1ccco1. The third kappa shape index (κ3) is 1.61. The van der Waals surface area contributed by atoms with Crippen LogP contribution in [0, 0.1) is 0 Å². The molecule has 1 fully saturated rings. The third-order valence-corrected chi connectivity index (χ3v) is 2.19. The summed E-state index contributed by atoms with van der Waals surface area (Å²) in [7, 11) is 0. The van der Waals surface area contributed by atoms with Gasteiger partial charge in [0.1, 0.15) is 6.10 Å². The van der Waals surface area contributed by atoms with Crippen molar-refractivity contribution in [2.45, 2.75) is 18.9 Å². The Kier molecular flexibility index (Phi) is 2.45. The zero-order valence-electron chi connectivity index (χ0n) is 7.56. The Morgan fingerprint density at radius 1 is 1.43 bits per heavy atom. The fourth-order valence-corrected chi connectivity index (χ4v) is 1.46. The van der Waals surface area contributed by atoms with Crippen molar-refractivity contribution in [1.29, 1.82) is 0 Å². The Labute approximate surface area is 80.8 Å². The van der Waals surface area contributed by atoms with Crippen LogP contribution in [0.4, 0.5) is 0 Å². The summed E-state index contributed by atoms with van der Waals surface area (Å²) in [5.74, 6) is -1.01. The summed E-state index contributed by atoms with van der Waals surface area (Å²) in [4.78, 5) is 23.0. The lowest BCUT2D eigenvalue weighted by Crippen LogP contribution is -2.27. The van der Waals surface area contributed by atoms with Crippen LogP contribution in [0.1, 0.15) is 23.4 Å². The molecule has 0 spiro atoms. The van der Waals surface area contributed by atoms with E-state index in [-0.39, 0.29) is 5.76 Å². The van der Waals surface area contributed by atoms with Crippen molar-refractivity contribution in [3.8, 4) is 0 Å². The first-order valence-electron chi connectivity index (χ1n) is 4.52. The van der Waals surface area contributed by atoms with Gasteiger partial charge in [-0.2, -0.15) is 0 Å². The molecule has 1 unspecified atom stereocenters. The molecule has 14 heavy (non-hydrogen) atoms. The van der Waals surface area contributed by atoms with Gasteiger partial charge in [0, 0.05) is 6.61 Å². The molecule has 1 aliphatic rings. The number of carbonyl (C=O) groups excluding carboxylic acids is 2. The molecule has 0 aliphatic carbocycles. The largest absolute Gasteiger partial charge is 0.461 e. The van der Waals surface area contributed by atoms with Gasteiger partial charge in [0.25, 0.3) is 5.78 Å². The maximum Gasteiger partial charge on any atom is 0.266 e. The smallest absolute Gasteiger partial charge is 0.266 e. The van der Waals surface area contributed by atoms with Gasteiger partial charge in [-0.25, -0.2) is 0 Å². The molecule has 1 aliphatic heterocycles. The van der Waals surface area contributed by atoms with E-state index >= 15 is 0 Å². The van der Waals surface area contributed by atoms with Crippen molar-refractivity contribution in [3.63, 3.8) is 0 Å². The Bertz CT molecular complexity index is 333. The molecule has 2 rings (SSSR count). The minimum Gasteiger partial charge on any atom is -0.461 e. The van der Waals surface area contributed by atoms with Crippen LogP contribution in [0.15, 0.2) is 22.8 Å². The third-order valence-electron chi connectivity index (χ3n) is 2.19. The van der Waals surface area contributed by atoms with Crippen LogP contribution < -0.4 is 0 Å². The van der Waals surface area contributed by atoms with Gasteiger partial charge in [0.15, 0.2) is 5.76 Å². The van der Waals surface area contributed by atoms with Crippen molar-refractivity contribution >= 4 is 11.6 Å². The van der Waals surface area contributed by atoms with Crippen LogP contribution >= 0.6 is 0 Å². The molecule has 4 heteroatoms. The number of carbonyl (C=O) groups is 2. The molecule has 1 aromatic rings. The molecule has 74 valence electrons. The number of ketones is 2. The summed E-state index contributed by atoms with van der Waals surface area (Å²) < 4.78 is 9.97. The fraction of sp³-hybridized carbons (Fsp3) is 0.400. The van der Waals surface area contributed by atoms with Gasteiger partial charge >= 0.3 is 0 Å². The van der Waals surface area contributed by atoms with Crippen molar-refractivity contribution in [3.05, 3.63) is 24.2 Å². The highest BCUT2D eigenvalue weighted by Crippen LogP contribution is 2.15. The highest BCUT2D eigenvalue weighted by atomic mass is 16.5. The van der Waals surface area contributed by atoms with E-state index in [0.717, 1.165) is 6.42 Å². The predicted molar refractivity (Wildman–Crippen MR) is 47.0 cm³/mol. The average Bonchev–Trinajstić information content (AvgIpc) is 2.87. The van der Waals surface area contributed by atoms with E-state index in [1.54, 1.807) is 6.07 Å². The van der Waals surface area contributed by atoms with Gasteiger partial charge < -0.3 is 9.15 Å². The van der Waals surface area contributed by atoms with E-state index in [4.69, 9.17) is 9.15 Å². The summed E-state index contributed by atoms with van der Waals surface area (Å²) in [6, 6.07) is 3.06. The molecular formula is C10H10O4. The number of rotatable bonds is 3. The van der Waals surface area contributed by atoms with Crippen molar-refractivity contribution in [2.75, 3.05) is 6.61 Å². The topological polar surface area (TPSA) is 56.5 Å². The molecule has 0 saturated carbocycles. The minimum atomic E-state index is -0.595. The van der Waals surface area contributed by atoms with E-state index in [0.29, 0.717) is 13.0 Å². The second kappa shape index (κ2) is 3.75. The van der Waals surface area contributed by atoms with E-state index in [1.165, 1.54) is 12.3 Å². The lowest BCUT2D eigenvalue weighted by molar-refractivity contribution is -0.123. The summed E-state index contributed by atoms with van der Waals surface area (Å²) in [6.07, 6.45) is 2.27. The van der Waals surface area contributed by atoms with Crippen molar-refractivity contribution < 1.29 is 18.7 Å². The normalized spacial score (nSPS) is 21.0. The number of Topliss-reactive ketones (excluding diaryl/α,β-unsaturated/α-hetero) is 2. The Morgan fingerprint density at radius 2 is 2.29 bits per heavy atom. The molecule has 0 aromatic carbocycles. The average molecular weight is 194 g/mol. The quantitative estimate of drug-likeness (QED) is 0.536. The number of hydrogen-bond donors (Lipinski definition) is 0. The Morgan fingerprint density at radius 3 is 2.86 bits per heavy atom. The van der Waals surface area contributed by atoms with Crippen LogP contribution in [0.5, 0.6) is 0 Å².